The number of carbonyl (C=O) groups excluding carboxylic acids is 1. The number of hydrogen-bond acceptors (Lipinski definition) is 5. The number of fused-ring (bicyclic) bond motifs is 1. The molecule has 4 rings (SSSR count). The molecule has 3 N–H and O–H groups in total. The molecule has 0 aliphatic carbocycles. The Bertz CT molecular complexity index is 1020. The molecule has 1 aliphatic heterocycles. The quantitative estimate of drug-likeness (QED) is 0.759. The molecule has 7 nitrogen and oxygen atoms in total. The zero-order valence-electron chi connectivity index (χ0n) is 14.5. The number of allylic oxidation sites excluding steroid dienone is 1. The normalized spacial score (nSPS) is 16.2. The third-order valence-electron chi connectivity index (χ3n) is 4.36. The second-order valence-electron chi connectivity index (χ2n) is 6.26. The van der Waals surface area contributed by atoms with E-state index in [1.165, 1.54) is 0 Å². The molecular weight excluding hydrogens is 328 g/mol. The van der Waals surface area contributed by atoms with Gasteiger partial charge in [0.1, 0.15) is 6.04 Å². The van der Waals surface area contributed by atoms with Gasteiger partial charge in [0, 0.05) is 17.5 Å². The molecule has 1 amide bonds. The minimum atomic E-state index is -0.518. The van der Waals surface area contributed by atoms with Gasteiger partial charge >= 0.3 is 0 Å². The number of nitrogens with two attached hydrogens (primary N) is 1. The first kappa shape index (κ1) is 16.0. The lowest BCUT2D eigenvalue weighted by molar-refractivity contribution is -0.115. The van der Waals surface area contributed by atoms with Crippen LogP contribution in [0.4, 0.5) is 5.95 Å². The lowest BCUT2D eigenvalue weighted by Gasteiger charge is -2.26. The number of benzene rings is 1. The topological polar surface area (TPSA) is 98.7 Å². The maximum absolute atomic E-state index is 12.1. The van der Waals surface area contributed by atoms with Crippen molar-refractivity contribution in [2.45, 2.75) is 19.9 Å². The SMILES string of the molecule is CC1=C(C(N)=O)[C@H](c2ccccn2)n2nc(-c3cccc(C)c3)nc2N1. The van der Waals surface area contributed by atoms with Gasteiger partial charge in [-0.25, -0.2) is 4.68 Å². The van der Waals surface area contributed by atoms with Crippen LogP contribution < -0.4 is 11.1 Å². The van der Waals surface area contributed by atoms with Gasteiger partial charge in [-0.1, -0.05) is 29.8 Å². The van der Waals surface area contributed by atoms with E-state index >= 15 is 0 Å². The highest BCUT2D eigenvalue weighted by Gasteiger charge is 2.34. The van der Waals surface area contributed by atoms with E-state index in [-0.39, 0.29) is 0 Å². The van der Waals surface area contributed by atoms with E-state index in [1.54, 1.807) is 17.8 Å². The second kappa shape index (κ2) is 6.11. The van der Waals surface area contributed by atoms with Crippen molar-refractivity contribution in [3.05, 3.63) is 71.2 Å². The van der Waals surface area contributed by atoms with Crippen molar-refractivity contribution in [2.24, 2.45) is 5.73 Å². The summed E-state index contributed by atoms with van der Waals surface area (Å²) in [5, 5.41) is 7.78. The van der Waals surface area contributed by atoms with Gasteiger partial charge in [0.25, 0.3) is 0 Å². The number of aromatic nitrogens is 4. The maximum Gasteiger partial charge on any atom is 0.248 e. The van der Waals surface area contributed by atoms with E-state index in [9.17, 15) is 4.79 Å². The first-order valence-corrected chi connectivity index (χ1v) is 8.26. The number of carbonyl (C=O) groups is 1. The Balaban J connectivity index is 1.89. The predicted molar refractivity (Wildman–Crippen MR) is 98.1 cm³/mol. The number of primary amides is 1. The maximum atomic E-state index is 12.1. The summed E-state index contributed by atoms with van der Waals surface area (Å²) in [7, 11) is 0. The van der Waals surface area contributed by atoms with Crippen LogP contribution in [-0.2, 0) is 4.79 Å². The highest BCUT2D eigenvalue weighted by atomic mass is 16.1. The molecule has 0 unspecified atom stereocenters. The van der Waals surface area contributed by atoms with Gasteiger partial charge < -0.3 is 11.1 Å². The van der Waals surface area contributed by atoms with Crippen molar-refractivity contribution >= 4 is 11.9 Å². The predicted octanol–water partition coefficient (Wildman–Crippen LogP) is 2.42. The van der Waals surface area contributed by atoms with Crippen LogP contribution in [0.1, 0.15) is 24.2 Å². The van der Waals surface area contributed by atoms with E-state index in [0.29, 0.717) is 28.7 Å². The summed E-state index contributed by atoms with van der Waals surface area (Å²) in [6.45, 7) is 3.83. The average molecular weight is 346 g/mol. The van der Waals surface area contributed by atoms with Crippen LogP contribution in [0, 0.1) is 6.92 Å². The van der Waals surface area contributed by atoms with Crippen LogP contribution in [0.3, 0.4) is 0 Å². The number of amides is 1. The van der Waals surface area contributed by atoms with E-state index in [0.717, 1.165) is 11.1 Å². The molecule has 3 heterocycles. The van der Waals surface area contributed by atoms with Gasteiger partial charge in [-0.2, -0.15) is 4.98 Å². The molecule has 1 aliphatic rings. The number of nitrogens with one attached hydrogen (secondary N) is 1. The zero-order chi connectivity index (χ0) is 18.3. The van der Waals surface area contributed by atoms with Gasteiger partial charge in [-0.15, -0.1) is 5.10 Å². The smallest absolute Gasteiger partial charge is 0.248 e. The molecule has 2 aromatic heterocycles. The first-order chi connectivity index (χ1) is 12.5. The van der Waals surface area contributed by atoms with Crippen LogP contribution in [0.5, 0.6) is 0 Å². The van der Waals surface area contributed by atoms with Crippen molar-refractivity contribution in [1.82, 2.24) is 19.7 Å². The highest BCUT2D eigenvalue weighted by molar-refractivity contribution is 5.95. The molecule has 26 heavy (non-hydrogen) atoms. The van der Waals surface area contributed by atoms with Crippen LogP contribution in [0.2, 0.25) is 0 Å². The van der Waals surface area contributed by atoms with Gasteiger partial charge in [0.2, 0.25) is 11.9 Å². The summed E-state index contributed by atoms with van der Waals surface area (Å²) in [5.74, 6) is 0.624. The fourth-order valence-electron chi connectivity index (χ4n) is 3.19. The number of pyridine rings is 1. The van der Waals surface area contributed by atoms with Crippen LogP contribution >= 0.6 is 0 Å². The van der Waals surface area contributed by atoms with Gasteiger partial charge in [0.05, 0.1) is 11.3 Å². The molecule has 0 saturated carbocycles. The molecule has 0 radical (unpaired) electrons. The summed E-state index contributed by atoms with van der Waals surface area (Å²) in [4.78, 5) is 21.1. The van der Waals surface area contributed by atoms with Gasteiger partial charge in [-0.3, -0.25) is 9.78 Å². The standard InChI is InChI=1S/C19H18N6O/c1-11-6-5-7-13(10-11)18-23-19-22-12(2)15(17(20)26)16(25(19)24-18)14-8-3-4-9-21-14/h3-10,16H,1-2H3,(H2,20,26)(H,22,23,24)/t16-/m0/s1. The Labute approximate surface area is 150 Å². The zero-order valence-corrected chi connectivity index (χ0v) is 14.5. The number of rotatable bonds is 3. The van der Waals surface area contributed by atoms with E-state index in [4.69, 9.17) is 5.73 Å². The Kier molecular flexibility index (Phi) is 3.76. The lowest BCUT2D eigenvalue weighted by Crippen LogP contribution is -2.32. The third-order valence-corrected chi connectivity index (χ3v) is 4.36. The number of nitrogens with zero attached hydrogens (tertiary/aromatic N) is 4. The van der Waals surface area contributed by atoms with Crippen molar-refractivity contribution in [1.29, 1.82) is 0 Å². The van der Waals surface area contributed by atoms with E-state index in [2.05, 4.69) is 20.4 Å². The monoisotopic (exact) mass is 346 g/mol. The van der Waals surface area contributed by atoms with E-state index in [1.807, 2.05) is 49.4 Å². The summed E-state index contributed by atoms with van der Waals surface area (Å²) in [6, 6.07) is 13.0. The van der Waals surface area contributed by atoms with Crippen LogP contribution in [0.15, 0.2) is 59.9 Å². The third kappa shape index (κ3) is 2.63. The highest BCUT2D eigenvalue weighted by Crippen LogP contribution is 2.35. The molecule has 3 aromatic rings. The molecule has 0 fully saturated rings. The molecular formula is C19H18N6O. The average Bonchev–Trinajstić information content (AvgIpc) is 3.04. The van der Waals surface area contributed by atoms with Crippen molar-refractivity contribution in [3.63, 3.8) is 0 Å². The van der Waals surface area contributed by atoms with Crippen LogP contribution in [0.25, 0.3) is 11.4 Å². The molecule has 0 spiro atoms. The largest absolute Gasteiger partial charge is 0.366 e. The second-order valence-corrected chi connectivity index (χ2v) is 6.26. The minimum absolute atomic E-state index is 0.428. The summed E-state index contributed by atoms with van der Waals surface area (Å²) >= 11 is 0. The fourth-order valence-corrected chi connectivity index (χ4v) is 3.19. The number of anilines is 1. The Morgan fingerprint density at radius 2 is 2.04 bits per heavy atom. The Morgan fingerprint density at radius 3 is 2.73 bits per heavy atom. The van der Waals surface area contributed by atoms with Crippen LogP contribution in [-0.4, -0.2) is 25.7 Å². The Hall–Kier alpha value is -3.48. The van der Waals surface area contributed by atoms with Crippen molar-refractivity contribution in [2.75, 3.05) is 5.32 Å². The van der Waals surface area contributed by atoms with Gasteiger partial charge in [-0.05, 0) is 32.0 Å². The lowest BCUT2D eigenvalue weighted by atomic mass is 9.99. The minimum Gasteiger partial charge on any atom is -0.366 e. The summed E-state index contributed by atoms with van der Waals surface area (Å²) < 4.78 is 1.67. The van der Waals surface area contributed by atoms with Crippen molar-refractivity contribution < 1.29 is 4.79 Å². The number of hydrogen-bond donors (Lipinski definition) is 2. The summed E-state index contributed by atoms with van der Waals surface area (Å²) in [6.07, 6.45) is 1.68. The van der Waals surface area contributed by atoms with Crippen molar-refractivity contribution in [3.8, 4) is 11.4 Å². The molecule has 7 heteroatoms. The Morgan fingerprint density at radius 1 is 1.19 bits per heavy atom. The first-order valence-electron chi connectivity index (χ1n) is 8.26. The van der Waals surface area contributed by atoms with Gasteiger partial charge in [0.15, 0.2) is 5.82 Å². The molecule has 1 aromatic carbocycles. The molecule has 130 valence electrons. The molecule has 0 bridgehead atoms. The fraction of sp³-hybridized carbons (Fsp3) is 0.158. The number of aryl methyl sites for hydroxylation is 1. The molecule has 0 saturated heterocycles. The van der Waals surface area contributed by atoms with E-state index < -0.39 is 11.9 Å². The summed E-state index contributed by atoms with van der Waals surface area (Å²) in [5.41, 5.74) is 9.45. The molecule has 1 atom stereocenters.